The summed E-state index contributed by atoms with van der Waals surface area (Å²) in [5.41, 5.74) is -1.51. The summed E-state index contributed by atoms with van der Waals surface area (Å²) < 4.78 is 52.5. The number of alkyl halides is 3. The number of piperidine rings is 1. The average molecular weight is 488 g/mol. The van der Waals surface area contributed by atoms with Crippen LogP contribution in [0, 0.1) is 0 Å². The molecule has 7 nitrogen and oxygen atoms in total. The first kappa shape index (κ1) is 25.1. The van der Waals surface area contributed by atoms with Crippen LogP contribution >= 0.6 is 11.3 Å². The number of thiophene rings is 1. The summed E-state index contributed by atoms with van der Waals surface area (Å²) in [6, 6.07) is 0.381. The largest absolute Gasteiger partial charge is 0.474 e. The highest BCUT2D eigenvalue weighted by Gasteiger charge is 2.39. The number of pyridine rings is 1. The Labute approximate surface area is 194 Å². The number of likely N-dealkylation sites (tertiary alicyclic amines) is 1. The van der Waals surface area contributed by atoms with E-state index in [2.05, 4.69) is 10.3 Å². The third-order valence-corrected chi connectivity index (χ3v) is 6.33. The van der Waals surface area contributed by atoms with Crippen LogP contribution in [0.3, 0.4) is 0 Å². The maximum Gasteiger partial charge on any atom is 0.418 e. The zero-order valence-electron chi connectivity index (χ0n) is 19.4. The molecule has 33 heavy (non-hydrogen) atoms. The van der Waals surface area contributed by atoms with Crippen molar-refractivity contribution >= 4 is 33.6 Å². The minimum absolute atomic E-state index is 0.0449. The van der Waals surface area contributed by atoms with Crippen LogP contribution in [0.15, 0.2) is 11.4 Å². The van der Waals surface area contributed by atoms with E-state index in [9.17, 15) is 22.8 Å². The van der Waals surface area contributed by atoms with Gasteiger partial charge in [0.05, 0.1) is 21.3 Å². The molecule has 2 aromatic heterocycles. The number of amides is 2. The van der Waals surface area contributed by atoms with Crippen LogP contribution in [0.2, 0.25) is 0 Å². The normalized spacial score (nSPS) is 21.7. The molecule has 1 N–H and O–H groups in total. The number of carbonyl (C=O) groups excluding carboxylic acids is 2. The molecule has 1 saturated heterocycles. The second kappa shape index (κ2) is 9.00. The van der Waals surface area contributed by atoms with Gasteiger partial charge in [-0.2, -0.15) is 13.2 Å². The first-order valence-electron chi connectivity index (χ1n) is 10.6. The Hall–Kier alpha value is -2.56. The van der Waals surface area contributed by atoms with Gasteiger partial charge in [0.25, 0.3) is 5.91 Å². The Bertz CT molecular complexity index is 1040. The van der Waals surface area contributed by atoms with Crippen LogP contribution in [0.25, 0.3) is 10.2 Å². The molecule has 1 fully saturated rings. The summed E-state index contributed by atoms with van der Waals surface area (Å²) in [6.07, 6.45) is -4.73. The van der Waals surface area contributed by atoms with Gasteiger partial charge >= 0.3 is 12.3 Å². The quantitative estimate of drug-likeness (QED) is 0.641. The third-order valence-electron chi connectivity index (χ3n) is 5.33. The van der Waals surface area contributed by atoms with Crippen molar-refractivity contribution < 1.29 is 32.2 Å². The molecule has 11 heteroatoms. The summed E-state index contributed by atoms with van der Waals surface area (Å²) in [4.78, 5) is 30.6. The number of rotatable bonds is 3. The summed E-state index contributed by atoms with van der Waals surface area (Å²) in [6.45, 7) is 9.04. The smallest absolute Gasteiger partial charge is 0.418 e. The van der Waals surface area contributed by atoms with Gasteiger partial charge in [-0.25, -0.2) is 9.78 Å². The zero-order chi connectivity index (χ0) is 24.7. The summed E-state index contributed by atoms with van der Waals surface area (Å²) in [7, 11) is 1.40. The van der Waals surface area contributed by atoms with Gasteiger partial charge in [0, 0.05) is 43.4 Å². The van der Waals surface area contributed by atoms with Crippen molar-refractivity contribution in [2.45, 2.75) is 77.4 Å². The van der Waals surface area contributed by atoms with Gasteiger partial charge in [-0.15, -0.1) is 11.3 Å². The van der Waals surface area contributed by atoms with Crippen LogP contribution in [0.1, 0.15) is 63.4 Å². The van der Waals surface area contributed by atoms with Crippen LogP contribution in [-0.4, -0.2) is 52.7 Å². The van der Waals surface area contributed by atoms with E-state index in [1.807, 2.05) is 13.8 Å². The van der Waals surface area contributed by atoms with Crippen molar-refractivity contribution in [1.29, 1.82) is 0 Å². The Morgan fingerprint density at radius 3 is 2.30 bits per heavy atom. The molecule has 1 aliphatic heterocycles. The molecule has 2 atom stereocenters. The molecule has 0 saturated carbocycles. The highest BCUT2D eigenvalue weighted by molar-refractivity contribution is 7.17. The van der Waals surface area contributed by atoms with E-state index >= 15 is 0 Å². The fraction of sp³-hybridized carbons (Fsp3) is 0.591. The monoisotopic (exact) mass is 487 g/mol. The third kappa shape index (κ3) is 5.51. The topological polar surface area (TPSA) is 80.8 Å². The standard InChI is InChI=1S/C22H28F3N3O4S/c1-11-7-13(8-12(2)28(11)20(30)32-21(3,4)5)31-16-9-15(22(23,24)25)18-17(27-16)14(10-33-18)19(29)26-6/h9-13H,7-8H2,1-6H3,(H,26,29)/t11-,12-/m1/s1. The number of aromatic nitrogens is 1. The zero-order valence-corrected chi connectivity index (χ0v) is 20.2. The lowest BCUT2D eigenvalue weighted by Gasteiger charge is -2.42. The number of carbonyl (C=O) groups is 2. The van der Waals surface area contributed by atoms with E-state index in [4.69, 9.17) is 9.47 Å². The Morgan fingerprint density at radius 1 is 1.18 bits per heavy atom. The molecule has 182 valence electrons. The molecule has 0 unspecified atom stereocenters. The number of hydrogen-bond donors (Lipinski definition) is 1. The number of hydrogen-bond acceptors (Lipinski definition) is 6. The maximum absolute atomic E-state index is 13.7. The van der Waals surface area contributed by atoms with E-state index in [1.165, 1.54) is 12.4 Å². The molecular formula is C22H28F3N3O4S. The number of fused-ring (bicyclic) bond motifs is 1. The van der Waals surface area contributed by atoms with Gasteiger partial charge in [-0.3, -0.25) is 4.79 Å². The molecule has 3 heterocycles. The van der Waals surface area contributed by atoms with Gasteiger partial charge in [0.2, 0.25) is 5.88 Å². The predicted molar refractivity (Wildman–Crippen MR) is 119 cm³/mol. The van der Waals surface area contributed by atoms with Crippen LogP contribution in [0.4, 0.5) is 18.0 Å². The van der Waals surface area contributed by atoms with Crippen molar-refractivity contribution in [3.63, 3.8) is 0 Å². The summed E-state index contributed by atoms with van der Waals surface area (Å²) in [5, 5.41) is 3.78. The highest BCUT2D eigenvalue weighted by atomic mass is 32.1. The SMILES string of the molecule is CNC(=O)c1csc2c(C(F)(F)F)cc(OC3C[C@@H](C)N(C(=O)OC(C)(C)C)[C@H](C)C3)nc12. The first-order chi connectivity index (χ1) is 15.2. The van der Waals surface area contributed by atoms with E-state index in [1.54, 1.807) is 25.7 Å². The predicted octanol–water partition coefficient (Wildman–Crippen LogP) is 5.23. The molecular weight excluding hydrogens is 459 g/mol. The van der Waals surface area contributed by atoms with Gasteiger partial charge in [-0.05, 0) is 34.6 Å². The lowest BCUT2D eigenvalue weighted by atomic mass is 9.95. The van der Waals surface area contributed by atoms with Gasteiger partial charge in [0.15, 0.2) is 0 Å². The van der Waals surface area contributed by atoms with Crippen molar-refractivity contribution in [3.8, 4) is 5.88 Å². The van der Waals surface area contributed by atoms with E-state index in [0.717, 1.165) is 17.4 Å². The van der Waals surface area contributed by atoms with Crippen LogP contribution in [0.5, 0.6) is 5.88 Å². The molecule has 3 rings (SSSR count). The second-order valence-electron chi connectivity index (χ2n) is 9.21. The second-order valence-corrected chi connectivity index (χ2v) is 10.1. The fourth-order valence-corrected chi connectivity index (χ4v) is 5.04. The van der Waals surface area contributed by atoms with Crippen LogP contribution < -0.4 is 10.1 Å². The molecule has 2 aromatic rings. The van der Waals surface area contributed by atoms with Gasteiger partial charge < -0.3 is 19.7 Å². The number of nitrogens with zero attached hydrogens (tertiary/aromatic N) is 2. The van der Waals surface area contributed by atoms with Crippen molar-refractivity contribution in [3.05, 3.63) is 22.6 Å². The Balaban J connectivity index is 1.88. The van der Waals surface area contributed by atoms with Crippen molar-refractivity contribution in [2.75, 3.05) is 7.05 Å². The lowest BCUT2D eigenvalue weighted by molar-refractivity contribution is -0.136. The van der Waals surface area contributed by atoms with E-state index in [0.29, 0.717) is 12.8 Å². The van der Waals surface area contributed by atoms with Gasteiger partial charge in [-0.1, -0.05) is 0 Å². The molecule has 1 aliphatic rings. The minimum atomic E-state index is -4.63. The number of ether oxygens (including phenoxy) is 2. The number of halogens is 3. The molecule has 2 amide bonds. The molecule has 0 bridgehead atoms. The Morgan fingerprint density at radius 2 is 1.79 bits per heavy atom. The minimum Gasteiger partial charge on any atom is -0.474 e. The molecule has 0 spiro atoms. The van der Waals surface area contributed by atoms with Crippen molar-refractivity contribution in [1.82, 2.24) is 15.2 Å². The highest BCUT2D eigenvalue weighted by Crippen LogP contribution is 2.40. The van der Waals surface area contributed by atoms with Crippen molar-refractivity contribution in [2.24, 2.45) is 0 Å². The number of nitrogens with one attached hydrogen (secondary N) is 1. The summed E-state index contributed by atoms with van der Waals surface area (Å²) >= 11 is 0.818. The average Bonchev–Trinajstić information content (AvgIpc) is 3.07. The molecule has 0 aromatic carbocycles. The fourth-order valence-electron chi connectivity index (χ4n) is 4.01. The lowest BCUT2D eigenvalue weighted by Crippen LogP contribution is -2.53. The molecule has 0 aliphatic carbocycles. The summed E-state index contributed by atoms with van der Waals surface area (Å²) in [5.74, 6) is -0.722. The first-order valence-corrected chi connectivity index (χ1v) is 11.5. The maximum atomic E-state index is 13.7. The Kier molecular flexibility index (Phi) is 6.84. The van der Waals surface area contributed by atoms with Crippen LogP contribution in [-0.2, 0) is 10.9 Å². The molecule has 0 radical (unpaired) electrons. The van der Waals surface area contributed by atoms with Gasteiger partial charge in [0.1, 0.15) is 11.7 Å². The van der Waals surface area contributed by atoms with E-state index < -0.39 is 35.4 Å². The van der Waals surface area contributed by atoms with E-state index in [-0.39, 0.29) is 33.7 Å².